The number of ketones is 1. The average molecular weight is 454 g/mol. The zero-order valence-corrected chi connectivity index (χ0v) is 19.0. The highest BCUT2D eigenvalue weighted by molar-refractivity contribution is 6.02. The van der Waals surface area contributed by atoms with Crippen molar-refractivity contribution in [2.24, 2.45) is 0 Å². The van der Waals surface area contributed by atoms with Crippen molar-refractivity contribution in [3.8, 4) is 0 Å². The Balaban J connectivity index is 1.93. The number of hydrogen-bond acceptors (Lipinski definition) is 6. The fourth-order valence-corrected chi connectivity index (χ4v) is 4.61. The van der Waals surface area contributed by atoms with E-state index in [1.165, 1.54) is 6.92 Å². The fraction of sp³-hybridized carbons (Fsp3) is 0.480. The first-order valence-corrected chi connectivity index (χ1v) is 11.6. The lowest BCUT2D eigenvalue weighted by molar-refractivity contribution is -0.556. The molecule has 8 heteroatoms. The predicted molar refractivity (Wildman–Crippen MR) is 127 cm³/mol. The minimum Gasteiger partial charge on any atom is -0.361 e. The van der Waals surface area contributed by atoms with Crippen molar-refractivity contribution in [1.82, 2.24) is 0 Å². The van der Waals surface area contributed by atoms with Crippen LogP contribution >= 0.6 is 0 Å². The van der Waals surface area contributed by atoms with E-state index < -0.39 is 21.9 Å². The lowest BCUT2D eigenvalue weighted by Crippen LogP contribution is -2.46. The molecule has 33 heavy (non-hydrogen) atoms. The molecule has 1 aliphatic carbocycles. The number of anilines is 1. The molecule has 0 amide bonds. The molecule has 2 unspecified atom stereocenters. The molecular formula is C25H31N3O5. The van der Waals surface area contributed by atoms with Crippen molar-refractivity contribution in [2.75, 3.05) is 11.4 Å². The van der Waals surface area contributed by atoms with Crippen molar-refractivity contribution in [3.05, 3.63) is 86.0 Å². The molecular weight excluding hydrogens is 422 g/mol. The van der Waals surface area contributed by atoms with Crippen LogP contribution < -0.4 is 4.90 Å². The molecule has 1 aliphatic rings. The van der Waals surface area contributed by atoms with E-state index in [4.69, 9.17) is 0 Å². The molecule has 0 aromatic heterocycles. The third-order valence-electron chi connectivity index (χ3n) is 6.42. The van der Waals surface area contributed by atoms with Gasteiger partial charge in [-0.05, 0) is 30.5 Å². The van der Waals surface area contributed by atoms with E-state index in [2.05, 4.69) is 0 Å². The van der Waals surface area contributed by atoms with E-state index in [1.54, 1.807) is 12.1 Å². The van der Waals surface area contributed by atoms with Crippen LogP contribution in [0.3, 0.4) is 0 Å². The molecule has 0 radical (unpaired) electrons. The van der Waals surface area contributed by atoms with E-state index in [1.807, 2.05) is 47.4 Å². The van der Waals surface area contributed by atoms with Gasteiger partial charge in [0.1, 0.15) is 0 Å². The largest absolute Gasteiger partial charge is 0.361 e. The number of rotatable bonds is 11. The quantitative estimate of drug-likeness (QED) is 0.271. The SMILES string of the molecule is CC(CC(CN(c1ccccc1C(=O)Cc1ccccc1)C1CCCCC1)[N+](=O)[O-])[N+](=O)[O-]. The summed E-state index contributed by atoms with van der Waals surface area (Å²) >= 11 is 0. The Morgan fingerprint density at radius 1 is 0.970 bits per heavy atom. The summed E-state index contributed by atoms with van der Waals surface area (Å²) in [6.07, 6.45) is 5.03. The van der Waals surface area contributed by atoms with E-state index in [0.717, 1.165) is 37.7 Å². The number of nitro groups is 2. The molecule has 0 spiro atoms. The second kappa shape index (κ2) is 11.5. The summed E-state index contributed by atoms with van der Waals surface area (Å²) in [5.41, 5.74) is 2.13. The average Bonchev–Trinajstić information content (AvgIpc) is 2.82. The van der Waals surface area contributed by atoms with Crippen molar-refractivity contribution < 1.29 is 14.6 Å². The van der Waals surface area contributed by atoms with Crippen molar-refractivity contribution in [2.45, 2.75) is 70.0 Å². The zero-order valence-electron chi connectivity index (χ0n) is 19.0. The lowest BCUT2D eigenvalue weighted by Gasteiger charge is -2.37. The van der Waals surface area contributed by atoms with Crippen LogP contribution in [0.5, 0.6) is 0 Å². The van der Waals surface area contributed by atoms with Crippen LogP contribution in [-0.4, -0.2) is 40.3 Å². The number of hydrogen-bond donors (Lipinski definition) is 0. The van der Waals surface area contributed by atoms with Crippen LogP contribution in [0.15, 0.2) is 54.6 Å². The van der Waals surface area contributed by atoms with Crippen LogP contribution in [0.4, 0.5) is 5.69 Å². The Morgan fingerprint density at radius 3 is 2.24 bits per heavy atom. The van der Waals surface area contributed by atoms with Gasteiger partial charge in [0, 0.05) is 40.5 Å². The molecule has 1 fully saturated rings. The first-order valence-electron chi connectivity index (χ1n) is 11.6. The number of Topliss-reactive ketones (excluding diaryl/α,β-unsaturated/α-hetero) is 1. The lowest BCUT2D eigenvalue weighted by atomic mass is 9.91. The first-order chi connectivity index (χ1) is 15.9. The van der Waals surface area contributed by atoms with Crippen LogP contribution in [0.25, 0.3) is 0 Å². The van der Waals surface area contributed by atoms with Gasteiger partial charge in [0.05, 0.1) is 13.0 Å². The number of para-hydroxylation sites is 1. The van der Waals surface area contributed by atoms with Crippen molar-refractivity contribution in [3.63, 3.8) is 0 Å². The van der Waals surface area contributed by atoms with Crippen LogP contribution in [-0.2, 0) is 6.42 Å². The summed E-state index contributed by atoms with van der Waals surface area (Å²) < 4.78 is 0. The molecule has 176 valence electrons. The molecule has 2 aromatic rings. The smallest absolute Gasteiger partial charge is 0.236 e. The summed E-state index contributed by atoms with van der Waals surface area (Å²) in [4.78, 5) is 37.4. The molecule has 0 aliphatic heterocycles. The molecule has 8 nitrogen and oxygen atoms in total. The number of benzene rings is 2. The first kappa shape index (κ1) is 24.4. The minimum atomic E-state index is -1.09. The second-order valence-electron chi connectivity index (χ2n) is 8.86. The predicted octanol–water partition coefficient (Wildman–Crippen LogP) is 4.95. The third kappa shape index (κ3) is 6.60. The van der Waals surface area contributed by atoms with Crippen LogP contribution in [0, 0.1) is 20.2 Å². The van der Waals surface area contributed by atoms with Crippen LogP contribution in [0.1, 0.15) is 61.4 Å². The number of carbonyl (C=O) groups excluding carboxylic acids is 1. The molecule has 0 saturated heterocycles. The van der Waals surface area contributed by atoms with Gasteiger partial charge < -0.3 is 4.90 Å². The van der Waals surface area contributed by atoms with E-state index >= 15 is 0 Å². The highest BCUT2D eigenvalue weighted by Crippen LogP contribution is 2.31. The van der Waals surface area contributed by atoms with Gasteiger partial charge >= 0.3 is 0 Å². The van der Waals surface area contributed by atoms with Gasteiger partial charge in [0.15, 0.2) is 5.78 Å². The molecule has 2 aromatic carbocycles. The topological polar surface area (TPSA) is 107 Å². The molecule has 1 saturated carbocycles. The maximum Gasteiger partial charge on any atom is 0.236 e. The number of nitrogens with zero attached hydrogens (tertiary/aromatic N) is 3. The van der Waals surface area contributed by atoms with Gasteiger partial charge in [0.25, 0.3) is 0 Å². The van der Waals surface area contributed by atoms with Gasteiger partial charge in [-0.15, -0.1) is 0 Å². The van der Waals surface area contributed by atoms with Gasteiger partial charge in [0.2, 0.25) is 12.1 Å². The number of carbonyl (C=O) groups is 1. The van der Waals surface area contributed by atoms with Gasteiger partial charge in [-0.1, -0.05) is 61.7 Å². The Bertz CT molecular complexity index is 960. The fourth-order valence-electron chi connectivity index (χ4n) is 4.61. The Labute approximate surface area is 193 Å². The molecule has 3 rings (SSSR count). The molecule has 0 N–H and O–H groups in total. The highest BCUT2D eigenvalue weighted by Gasteiger charge is 2.34. The van der Waals surface area contributed by atoms with Gasteiger partial charge in [-0.25, -0.2) is 0 Å². The normalized spacial score (nSPS) is 16.0. The molecule has 0 heterocycles. The maximum absolute atomic E-state index is 13.3. The summed E-state index contributed by atoms with van der Waals surface area (Å²) in [6.45, 7) is 1.45. The monoisotopic (exact) mass is 453 g/mol. The molecule has 2 atom stereocenters. The molecule has 0 bridgehead atoms. The minimum absolute atomic E-state index is 0.0471. The zero-order chi connectivity index (χ0) is 23.8. The Morgan fingerprint density at radius 2 is 1.61 bits per heavy atom. The maximum atomic E-state index is 13.3. The Kier molecular flexibility index (Phi) is 8.52. The summed E-state index contributed by atoms with van der Waals surface area (Å²) in [7, 11) is 0. The van der Waals surface area contributed by atoms with Crippen molar-refractivity contribution >= 4 is 11.5 Å². The summed E-state index contributed by atoms with van der Waals surface area (Å²) in [5.74, 6) is -0.0473. The highest BCUT2D eigenvalue weighted by atomic mass is 16.6. The summed E-state index contributed by atoms with van der Waals surface area (Å²) in [5, 5.41) is 23.0. The third-order valence-corrected chi connectivity index (χ3v) is 6.42. The van der Waals surface area contributed by atoms with Gasteiger partial charge in [-0.3, -0.25) is 25.0 Å². The van der Waals surface area contributed by atoms with Crippen LogP contribution in [0.2, 0.25) is 0 Å². The van der Waals surface area contributed by atoms with E-state index in [-0.39, 0.29) is 31.2 Å². The summed E-state index contributed by atoms with van der Waals surface area (Å²) in [6, 6.07) is 14.7. The van der Waals surface area contributed by atoms with Crippen molar-refractivity contribution in [1.29, 1.82) is 0 Å². The van der Waals surface area contributed by atoms with Gasteiger partial charge in [-0.2, -0.15) is 0 Å². The second-order valence-corrected chi connectivity index (χ2v) is 8.86. The Hall–Kier alpha value is -3.29. The van der Waals surface area contributed by atoms with E-state index in [0.29, 0.717) is 11.3 Å². The van der Waals surface area contributed by atoms with E-state index in [9.17, 15) is 25.0 Å². The standard InChI is InChI=1S/C25H31N3O5/c1-19(27(30)31)16-22(28(32)33)18-26(21-12-6-3-7-13-21)24-15-9-8-14-23(24)25(29)17-20-10-4-2-5-11-20/h2,4-5,8-11,14-15,19,21-22H,3,6-7,12-13,16-18H2,1H3.